The average Bonchev–Trinajstić information content (AvgIpc) is 2.53. The summed E-state index contributed by atoms with van der Waals surface area (Å²) in [6, 6.07) is 9.66. The minimum Gasteiger partial charge on any atom is -0.497 e. The fourth-order valence-corrected chi connectivity index (χ4v) is 2.90. The van der Waals surface area contributed by atoms with Crippen molar-refractivity contribution < 1.29 is 9.47 Å². The van der Waals surface area contributed by atoms with Gasteiger partial charge in [0.05, 0.1) is 20.3 Å². The van der Waals surface area contributed by atoms with E-state index in [9.17, 15) is 0 Å². The molecule has 1 heterocycles. The number of rotatable bonds is 7. The van der Waals surface area contributed by atoms with E-state index in [1.54, 1.807) is 7.11 Å². The molecule has 4 nitrogen and oxygen atoms in total. The van der Waals surface area contributed by atoms with Gasteiger partial charge in [0.2, 0.25) is 0 Å². The molecule has 1 aliphatic heterocycles. The number of methoxy groups -OCH3 is 1. The molecule has 1 aromatic rings. The summed E-state index contributed by atoms with van der Waals surface area (Å²) in [5, 5.41) is 7.25. The number of nitrogens with one attached hydrogen (secondary N) is 2. The van der Waals surface area contributed by atoms with Crippen molar-refractivity contribution in [1.29, 1.82) is 0 Å². The molecule has 2 N–H and O–H groups in total. The van der Waals surface area contributed by atoms with Crippen LogP contribution in [0.2, 0.25) is 0 Å². The fraction of sp³-hybridized carbons (Fsp3) is 0.647. The number of hydrogen-bond donors (Lipinski definition) is 2. The number of ether oxygens (including phenoxy) is 2. The monoisotopic (exact) mass is 292 g/mol. The van der Waals surface area contributed by atoms with E-state index < -0.39 is 0 Å². The van der Waals surface area contributed by atoms with Gasteiger partial charge in [-0.2, -0.15) is 0 Å². The summed E-state index contributed by atoms with van der Waals surface area (Å²) < 4.78 is 10.7. The van der Waals surface area contributed by atoms with E-state index >= 15 is 0 Å². The standard InChI is InChI=1S/C17H28N2O2/c1-4-17(14-5-7-16(20-3)8-6-14)19-13(2)11-15-12-21-10-9-18-15/h5-8,13,15,17-19H,4,9-12H2,1-3H3. The van der Waals surface area contributed by atoms with Gasteiger partial charge >= 0.3 is 0 Å². The van der Waals surface area contributed by atoms with E-state index in [1.807, 2.05) is 12.1 Å². The van der Waals surface area contributed by atoms with Crippen LogP contribution in [0.5, 0.6) is 5.75 Å². The van der Waals surface area contributed by atoms with Crippen LogP contribution < -0.4 is 15.4 Å². The maximum atomic E-state index is 5.52. The predicted molar refractivity (Wildman–Crippen MR) is 85.9 cm³/mol. The van der Waals surface area contributed by atoms with Crippen molar-refractivity contribution >= 4 is 0 Å². The highest BCUT2D eigenvalue weighted by atomic mass is 16.5. The van der Waals surface area contributed by atoms with Gasteiger partial charge in [0.1, 0.15) is 5.75 Å². The van der Waals surface area contributed by atoms with Crippen molar-refractivity contribution in [2.45, 2.75) is 44.8 Å². The Balaban J connectivity index is 1.87. The second-order valence-electron chi connectivity index (χ2n) is 5.76. The molecule has 0 bridgehead atoms. The Morgan fingerprint density at radius 2 is 2.14 bits per heavy atom. The van der Waals surface area contributed by atoms with Gasteiger partial charge in [0.15, 0.2) is 0 Å². The molecule has 1 saturated heterocycles. The summed E-state index contributed by atoms with van der Waals surface area (Å²) in [6.07, 6.45) is 2.16. The third-order valence-corrected chi connectivity index (χ3v) is 4.05. The van der Waals surface area contributed by atoms with Crippen molar-refractivity contribution in [2.24, 2.45) is 0 Å². The highest BCUT2D eigenvalue weighted by Gasteiger charge is 2.18. The van der Waals surface area contributed by atoms with Crippen LogP contribution in [0.25, 0.3) is 0 Å². The van der Waals surface area contributed by atoms with Crippen LogP contribution in [0.3, 0.4) is 0 Å². The Morgan fingerprint density at radius 1 is 1.38 bits per heavy atom. The summed E-state index contributed by atoms with van der Waals surface area (Å²) in [5.41, 5.74) is 1.32. The van der Waals surface area contributed by atoms with E-state index in [-0.39, 0.29) is 0 Å². The maximum Gasteiger partial charge on any atom is 0.118 e. The second-order valence-corrected chi connectivity index (χ2v) is 5.76. The second kappa shape index (κ2) is 8.37. The highest BCUT2D eigenvalue weighted by molar-refractivity contribution is 5.29. The lowest BCUT2D eigenvalue weighted by molar-refractivity contribution is 0.0707. The van der Waals surface area contributed by atoms with Crippen molar-refractivity contribution in [3.05, 3.63) is 29.8 Å². The molecule has 21 heavy (non-hydrogen) atoms. The number of benzene rings is 1. The van der Waals surface area contributed by atoms with E-state index in [0.29, 0.717) is 18.1 Å². The first-order valence-corrected chi connectivity index (χ1v) is 7.94. The molecule has 3 atom stereocenters. The molecule has 4 heteroatoms. The molecule has 1 aromatic carbocycles. The lowest BCUT2D eigenvalue weighted by Crippen LogP contribution is -2.45. The van der Waals surface area contributed by atoms with Crippen LogP contribution in [0.4, 0.5) is 0 Å². The first kappa shape index (κ1) is 16.3. The molecule has 1 fully saturated rings. The van der Waals surface area contributed by atoms with E-state index in [2.05, 4.69) is 36.6 Å². The lowest BCUT2D eigenvalue weighted by Gasteiger charge is -2.29. The fourth-order valence-electron chi connectivity index (χ4n) is 2.90. The molecule has 3 unspecified atom stereocenters. The smallest absolute Gasteiger partial charge is 0.118 e. The van der Waals surface area contributed by atoms with E-state index in [1.165, 1.54) is 5.56 Å². The molecular weight excluding hydrogens is 264 g/mol. The Hall–Kier alpha value is -1.10. The average molecular weight is 292 g/mol. The molecule has 118 valence electrons. The highest BCUT2D eigenvalue weighted by Crippen LogP contribution is 2.21. The van der Waals surface area contributed by atoms with Gasteiger partial charge in [-0.05, 0) is 37.5 Å². The zero-order valence-corrected chi connectivity index (χ0v) is 13.4. The van der Waals surface area contributed by atoms with Gasteiger partial charge in [-0.1, -0.05) is 19.1 Å². The topological polar surface area (TPSA) is 42.5 Å². The van der Waals surface area contributed by atoms with Gasteiger partial charge in [0, 0.05) is 24.7 Å². The van der Waals surface area contributed by atoms with E-state index in [4.69, 9.17) is 9.47 Å². The van der Waals surface area contributed by atoms with Crippen molar-refractivity contribution in [3.63, 3.8) is 0 Å². The largest absolute Gasteiger partial charge is 0.497 e. The maximum absolute atomic E-state index is 5.52. The lowest BCUT2D eigenvalue weighted by atomic mass is 10.0. The molecule has 0 spiro atoms. The minimum absolute atomic E-state index is 0.385. The normalized spacial score (nSPS) is 21.8. The first-order chi connectivity index (χ1) is 10.2. The molecule has 0 aromatic heterocycles. The van der Waals surface area contributed by atoms with Crippen molar-refractivity contribution in [3.8, 4) is 5.75 Å². The molecule has 0 amide bonds. The first-order valence-electron chi connectivity index (χ1n) is 7.94. The van der Waals surface area contributed by atoms with Crippen molar-refractivity contribution in [2.75, 3.05) is 26.9 Å². The SMILES string of the molecule is CCC(NC(C)CC1COCCN1)c1ccc(OC)cc1. The molecular formula is C17H28N2O2. The van der Waals surface area contributed by atoms with Gasteiger partial charge in [0.25, 0.3) is 0 Å². The van der Waals surface area contributed by atoms with Crippen molar-refractivity contribution in [1.82, 2.24) is 10.6 Å². The molecule has 0 saturated carbocycles. The van der Waals surface area contributed by atoms with Crippen LogP contribution >= 0.6 is 0 Å². The third-order valence-electron chi connectivity index (χ3n) is 4.05. The summed E-state index contributed by atoms with van der Waals surface area (Å²) in [5.74, 6) is 0.908. The number of hydrogen-bond acceptors (Lipinski definition) is 4. The van der Waals surface area contributed by atoms with Crippen LogP contribution in [0, 0.1) is 0 Å². The van der Waals surface area contributed by atoms with Gasteiger partial charge in [-0.25, -0.2) is 0 Å². The summed E-state index contributed by atoms with van der Waals surface area (Å²) in [7, 11) is 1.70. The van der Waals surface area contributed by atoms with E-state index in [0.717, 1.165) is 38.3 Å². The van der Waals surface area contributed by atoms with Gasteiger partial charge in [-0.3, -0.25) is 0 Å². The Bertz CT molecular complexity index is 402. The Morgan fingerprint density at radius 3 is 2.71 bits per heavy atom. The third kappa shape index (κ3) is 4.99. The molecule has 2 rings (SSSR count). The predicted octanol–water partition coefficient (Wildman–Crippen LogP) is 2.50. The Kier molecular flexibility index (Phi) is 6.49. The summed E-state index contributed by atoms with van der Waals surface area (Å²) >= 11 is 0. The molecule has 0 aliphatic carbocycles. The summed E-state index contributed by atoms with van der Waals surface area (Å²) in [6.45, 7) is 7.10. The number of morpholine rings is 1. The Labute approximate surface area is 128 Å². The summed E-state index contributed by atoms with van der Waals surface area (Å²) in [4.78, 5) is 0. The molecule has 0 radical (unpaired) electrons. The quantitative estimate of drug-likeness (QED) is 0.810. The van der Waals surface area contributed by atoms with Crippen LogP contribution in [0.15, 0.2) is 24.3 Å². The van der Waals surface area contributed by atoms with Crippen LogP contribution in [-0.4, -0.2) is 39.0 Å². The zero-order chi connectivity index (χ0) is 15.1. The van der Waals surface area contributed by atoms with Gasteiger partial charge < -0.3 is 20.1 Å². The van der Waals surface area contributed by atoms with Gasteiger partial charge in [-0.15, -0.1) is 0 Å². The zero-order valence-electron chi connectivity index (χ0n) is 13.4. The van der Waals surface area contributed by atoms with Crippen LogP contribution in [-0.2, 0) is 4.74 Å². The molecule has 1 aliphatic rings. The van der Waals surface area contributed by atoms with Crippen LogP contribution in [0.1, 0.15) is 38.3 Å². The minimum atomic E-state index is 0.385.